The summed E-state index contributed by atoms with van der Waals surface area (Å²) in [5.41, 5.74) is 6.59. The van der Waals surface area contributed by atoms with E-state index in [1.165, 1.54) is 5.57 Å². The lowest BCUT2D eigenvalue weighted by Crippen LogP contribution is -2.26. The summed E-state index contributed by atoms with van der Waals surface area (Å²) >= 11 is 0. The van der Waals surface area contributed by atoms with Crippen LogP contribution < -0.4 is 10.6 Å². The molecule has 1 aromatic carbocycles. The second-order valence-electron chi connectivity index (χ2n) is 7.42. The summed E-state index contributed by atoms with van der Waals surface area (Å²) in [6, 6.07) is 8.28. The molecule has 1 unspecified atom stereocenters. The number of likely N-dealkylation sites (N-methyl/N-ethyl adjacent to an activating group) is 1. The molecule has 29 heavy (non-hydrogen) atoms. The lowest BCUT2D eigenvalue weighted by Gasteiger charge is -2.19. The summed E-state index contributed by atoms with van der Waals surface area (Å²) in [5, 5.41) is 15.7. The van der Waals surface area contributed by atoms with Crippen LogP contribution >= 0.6 is 0 Å². The average Bonchev–Trinajstić information content (AvgIpc) is 3.01. The van der Waals surface area contributed by atoms with E-state index < -0.39 is 0 Å². The van der Waals surface area contributed by atoms with Crippen molar-refractivity contribution in [2.75, 3.05) is 18.9 Å². The normalized spacial score (nSPS) is 16.0. The first-order valence-corrected chi connectivity index (χ1v) is 10.3. The first kappa shape index (κ1) is 19.3. The maximum Gasteiger partial charge on any atom is 0.136 e. The molecule has 2 N–H and O–H groups in total. The van der Waals surface area contributed by atoms with Crippen molar-refractivity contribution in [2.45, 2.75) is 38.3 Å². The van der Waals surface area contributed by atoms with Crippen molar-refractivity contribution >= 4 is 17.5 Å². The number of hydrogen-bond donors (Lipinski definition) is 2. The van der Waals surface area contributed by atoms with Gasteiger partial charge in [-0.15, -0.1) is 5.10 Å². The summed E-state index contributed by atoms with van der Waals surface area (Å²) in [5.74, 6) is 0. The number of para-hydroxylation sites is 1. The van der Waals surface area contributed by atoms with Crippen LogP contribution in [0.15, 0.2) is 54.1 Å². The predicted octanol–water partition coefficient (Wildman–Crippen LogP) is 3.60. The lowest BCUT2D eigenvalue weighted by molar-refractivity contribution is -0.109. The van der Waals surface area contributed by atoms with Gasteiger partial charge in [0.15, 0.2) is 0 Å². The number of allylic oxidation sites excluding steroid dienone is 4. The third kappa shape index (κ3) is 4.07. The highest BCUT2D eigenvalue weighted by Gasteiger charge is 2.23. The van der Waals surface area contributed by atoms with E-state index in [0.29, 0.717) is 0 Å². The number of aldehydes is 1. The monoisotopic (exact) mass is 389 g/mol. The molecular weight excluding hydrogens is 362 g/mol. The highest BCUT2D eigenvalue weighted by atomic mass is 16.1. The number of benzene rings is 1. The van der Waals surface area contributed by atoms with Crippen LogP contribution in [0.1, 0.15) is 31.4 Å². The zero-order chi connectivity index (χ0) is 20.1. The van der Waals surface area contributed by atoms with Crippen LogP contribution in [0.4, 0.5) is 5.69 Å². The van der Waals surface area contributed by atoms with E-state index in [-0.39, 0.29) is 6.04 Å². The van der Waals surface area contributed by atoms with E-state index in [4.69, 9.17) is 0 Å². The largest absolute Gasteiger partial charge is 0.380 e. The molecule has 0 saturated heterocycles. The zero-order valence-corrected chi connectivity index (χ0v) is 16.8. The number of nitrogens with one attached hydrogen (secondary N) is 2. The van der Waals surface area contributed by atoms with Gasteiger partial charge in [-0.3, -0.25) is 0 Å². The molecule has 1 atom stereocenters. The van der Waals surface area contributed by atoms with Gasteiger partial charge in [-0.1, -0.05) is 47.7 Å². The van der Waals surface area contributed by atoms with Crippen LogP contribution in [0.5, 0.6) is 0 Å². The predicted molar refractivity (Wildman–Crippen MR) is 117 cm³/mol. The van der Waals surface area contributed by atoms with Gasteiger partial charge in [0.05, 0.1) is 11.7 Å². The molecule has 0 radical (unpaired) electrons. The molecule has 2 heterocycles. The Morgan fingerprint density at radius 3 is 2.97 bits per heavy atom. The fourth-order valence-corrected chi connectivity index (χ4v) is 3.91. The van der Waals surface area contributed by atoms with E-state index in [1.807, 2.05) is 11.7 Å². The summed E-state index contributed by atoms with van der Waals surface area (Å²) < 4.78 is 2.02. The van der Waals surface area contributed by atoms with Gasteiger partial charge in [0.25, 0.3) is 0 Å². The van der Waals surface area contributed by atoms with E-state index >= 15 is 0 Å². The van der Waals surface area contributed by atoms with Crippen molar-refractivity contribution in [1.29, 1.82) is 0 Å². The Labute approximate surface area is 171 Å². The molecule has 0 fully saturated rings. The third-order valence-corrected chi connectivity index (χ3v) is 5.53. The molecule has 6 heteroatoms. The number of aryl methyl sites for hydroxylation is 1. The Balaban J connectivity index is 1.68. The molecule has 1 aliphatic heterocycles. The van der Waals surface area contributed by atoms with Crippen molar-refractivity contribution in [3.63, 3.8) is 0 Å². The van der Waals surface area contributed by atoms with Gasteiger partial charge in [0.2, 0.25) is 0 Å². The third-order valence-electron chi connectivity index (χ3n) is 5.53. The minimum Gasteiger partial charge on any atom is -0.380 e. The standard InChI is InChI=1S/C23H27N5O/c1-24-18(16-29)10-7-8-14-28-23-20-12-5-6-13-21(20)25-15-17-9-3-2-4-11-19(17)22(23)26-27-28/h3-6,9,11-13,16,18,24-25H,2,7-8,10,14-15H2,1H3. The Morgan fingerprint density at radius 2 is 2.10 bits per heavy atom. The first-order chi connectivity index (χ1) is 14.3. The van der Waals surface area contributed by atoms with Gasteiger partial charge in [0, 0.05) is 29.9 Å². The van der Waals surface area contributed by atoms with E-state index in [0.717, 1.165) is 73.3 Å². The van der Waals surface area contributed by atoms with Crippen molar-refractivity contribution in [3.8, 4) is 11.3 Å². The summed E-state index contributed by atoms with van der Waals surface area (Å²) in [6.07, 6.45) is 13.3. The fourth-order valence-electron chi connectivity index (χ4n) is 3.91. The number of nitrogens with zero attached hydrogens (tertiary/aromatic N) is 3. The summed E-state index contributed by atoms with van der Waals surface area (Å²) in [6.45, 7) is 1.53. The van der Waals surface area contributed by atoms with Crippen LogP contribution in [0.25, 0.3) is 16.8 Å². The van der Waals surface area contributed by atoms with Gasteiger partial charge < -0.3 is 15.4 Å². The quantitative estimate of drug-likeness (QED) is 0.559. The van der Waals surface area contributed by atoms with Crippen LogP contribution in [0, 0.1) is 0 Å². The highest BCUT2D eigenvalue weighted by molar-refractivity contribution is 5.90. The molecular formula is C23H27N5O. The van der Waals surface area contributed by atoms with Crippen molar-refractivity contribution < 1.29 is 4.79 Å². The molecule has 4 rings (SSSR count). The van der Waals surface area contributed by atoms with Gasteiger partial charge >= 0.3 is 0 Å². The number of carbonyl (C=O) groups is 1. The zero-order valence-electron chi connectivity index (χ0n) is 16.8. The Bertz CT molecular complexity index is 969. The van der Waals surface area contributed by atoms with Crippen LogP contribution in [0.2, 0.25) is 0 Å². The van der Waals surface area contributed by atoms with E-state index in [1.54, 1.807) is 0 Å². The Hall–Kier alpha value is -2.99. The number of unbranched alkanes of at least 4 members (excludes halogenated alkanes) is 1. The average molecular weight is 390 g/mol. The molecule has 2 aromatic rings. The van der Waals surface area contributed by atoms with E-state index in [9.17, 15) is 4.79 Å². The van der Waals surface area contributed by atoms with Crippen LogP contribution in [-0.4, -0.2) is 40.9 Å². The molecule has 0 amide bonds. The lowest BCUT2D eigenvalue weighted by atomic mass is 9.96. The second kappa shape index (κ2) is 9.01. The summed E-state index contributed by atoms with van der Waals surface area (Å²) in [7, 11) is 1.82. The molecule has 2 aliphatic rings. The number of hydrogen-bond acceptors (Lipinski definition) is 5. The Kier molecular flexibility index (Phi) is 6.00. The SMILES string of the molecule is CNC(C=O)CCCCn1nnc2c1-c1ccccc1NCC1=C2C=CCC=C1. The molecule has 6 nitrogen and oxygen atoms in total. The molecule has 1 aromatic heterocycles. The molecule has 0 saturated carbocycles. The number of fused-ring (bicyclic) bond motifs is 4. The van der Waals surface area contributed by atoms with Gasteiger partial charge in [-0.2, -0.15) is 0 Å². The van der Waals surface area contributed by atoms with Gasteiger partial charge in [-0.25, -0.2) is 4.68 Å². The van der Waals surface area contributed by atoms with Crippen molar-refractivity contribution in [2.24, 2.45) is 0 Å². The maximum absolute atomic E-state index is 11.0. The van der Waals surface area contributed by atoms with Crippen LogP contribution in [0.3, 0.4) is 0 Å². The maximum atomic E-state index is 11.0. The summed E-state index contributed by atoms with van der Waals surface area (Å²) in [4.78, 5) is 11.0. The first-order valence-electron chi connectivity index (χ1n) is 10.3. The second-order valence-corrected chi connectivity index (χ2v) is 7.42. The number of anilines is 1. The van der Waals surface area contributed by atoms with Crippen molar-refractivity contribution in [1.82, 2.24) is 20.3 Å². The number of aromatic nitrogens is 3. The molecule has 0 spiro atoms. The number of carbonyl (C=O) groups excluding carboxylic acids is 1. The van der Waals surface area contributed by atoms with Crippen molar-refractivity contribution in [3.05, 3.63) is 59.8 Å². The van der Waals surface area contributed by atoms with Gasteiger partial charge in [0.1, 0.15) is 12.0 Å². The number of rotatable bonds is 7. The minimum atomic E-state index is -0.0769. The smallest absolute Gasteiger partial charge is 0.136 e. The topological polar surface area (TPSA) is 71.8 Å². The Morgan fingerprint density at radius 1 is 1.24 bits per heavy atom. The highest BCUT2D eigenvalue weighted by Crippen LogP contribution is 2.37. The van der Waals surface area contributed by atoms with E-state index in [2.05, 4.69) is 69.5 Å². The minimum absolute atomic E-state index is 0.0769. The molecule has 1 aliphatic carbocycles. The molecule has 0 bridgehead atoms. The molecule has 150 valence electrons. The van der Waals surface area contributed by atoms with Gasteiger partial charge in [-0.05, 0) is 44.4 Å². The van der Waals surface area contributed by atoms with Crippen LogP contribution in [-0.2, 0) is 11.3 Å². The fraction of sp³-hybridized carbons (Fsp3) is 0.348.